The van der Waals surface area contributed by atoms with Gasteiger partial charge in [-0.1, -0.05) is 68.2 Å². The third-order valence-electron chi connectivity index (χ3n) is 13.6. The summed E-state index contributed by atoms with van der Waals surface area (Å²) in [6.45, 7) is 21.6. The van der Waals surface area contributed by atoms with Crippen LogP contribution in [0.1, 0.15) is 132 Å². The van der Waals surface area contributed by atoms with Gasteiger partial charge in [-0.25, -0.2) is 0 Å². The average Bonchev–Trinajstić information content (AvgIpc) is 2.61. The van der Waals surface area contributed by atoms with E-state index in [4.69, 9.17) is 0 Å². The Kier molecular flexibility index (Phi) is 4.59. The Morgan fingerprint density at radius 1 is 0.400 bits per heavy atom. The van der Waals surface area contributed by atoms with E-state index in [-0.39, 0.29) is 0 Å². The van der Waals surface area contributed by atoms with Crippen molar-refractivity contribution in [1.29, 1.82) is 0 Å². The van der Waals surface area contributed by atoms with Crippen LogP contribution in [-0.4, -0.2) is 0 Å². The van der Waals surface area contributed by atoms with Crippen LogP contribution in [-0.2, 0) is 0 Å². The third-order valence-corrected chi connectivity index (χ3v) is 13.6. The minimum absolute atomic E-state index is 0.559. The summed E-state index contributed by atoms with van der Waals surface area (Å²) in [6.07, 6.45) is 18.0. The predicted octanol–water partition coefficient (Wildman–Crippen LogP) is 9.28. The van der Waals surface area contributed by atoms with Gasteiger partial charge in [0.2, 0.25) is 0 Å². The molecule has 0 aromatic rings. The molecule has 0 aromatic carbocycles. The fourth-order valence-corrected chi connectivity index (χ4v) is 12.3. The first-order chi connectivity index (χ1) is 13.8. The molecule has 5 fully saturated rings. The lowest BCUT2D eigenvalue weighted by atomic mass is 9.30. The highest BCUT2D eigenvalue weighted by atomic mass is 14.7. The number of hydrogen-bond donors (Lipinski definition) is 0. The Hall–Kier alpha value is 0. The summed E-state index contributed by atoms with van der Waals surface area (Å²) in [4.78, 5) is 0. The van der Waals surface area contributed by atoms with Crippen LogP contribution in [0, 0.1) is 56.2 Å². The Labute approximate surface area is 188 Å². The van der Waals surface area contributed by atoms with Crippen molar-refractivity contribution in [2.24, 2.45) is 56.2 Å². The molecule has 5 saturated carbocycles. The van der Waals surface area contributed by atoms with Crippen molar-refractivity contribution in [3.05, 3.63) is 0 Å². The summed E-state index contributed by atoms with van der Waals surface area (Å²) in [5.41, 5.74) is 3.42. The molecule has 0 saturated heterocycles. The molecule has 5 aliphatic rings. The molecule has 0 heterocycles. The van der Waals surface area contributed by atoms with Gasteiger partial charge < -0.3 is 0 Å². The van der Waals surface area contributed by atoms with Gasteiger partial charge in [0.15, 0.2) is 0 Å². The van der Waals surface area contributed by atoms with Gasteiger partial charge in [0, 0.05) is 0 Å². The third kappa shape index (κ3) is 2.52. The maximum absolute atomic E-state index is 2.81. The van der Waals surface area contributed by atoms with E-state index in [9.17, 15) is 0 Å². The Balaban J connectivity index is 1.55. The lowest BCUT2D eigenvalue weighted by molar-refractivity contribution is -0.256. The van der Waals surface area contributed by atoms with E-state index in [0.29, 0.717) is 32.5 Å². The fraction of sp³-hybridized carbons (Fsp3) is 1.00. The molecule has 0 aromatic heterocycles. The van der Waals surface area contributed by atoms with Crippen molar-refractivity contribution in [2.45, 2.75) is 132 Å². The van der Waals surface area contributed by atoms with Crippen molar-refractivity contribution in [3.8, 4) is 0 Å². The van der Waals surface area contributed by atoms with E-state index in [1.54, 1.807) is 0 Å². The SMILES string of the molecule is CC1(C)CCC[C@]2(C)[C@H]3CC[C@@H]4[C@@]5(C)CCCC(C)(C)[C@@H]5CC[C@@]4(C)[C@]3(C)CC[C@@H]12. The van der Waals surface area contributed by atoms with Crippen LogP contribution in [0.5, 0.6) is 0 Å². The quantitative estimate of drug-likeness (QED) is 0.372. The van der Waals surface area contributed by atoms with Crippen molar-refractivity contribution in [1.82, 2.24) is 0 Å². The van der Waals surface area contributed by atoms with E-state index in [1.807, 2.05) is 0 Å². The molecule has 0 N–H and O–H groups in total. The first kappa shape index (κ1) is 21.8. The Morgan fingerprint density at radius 3 is 1.13 bits per heavy atom. The lowest BCUT2D eigenvalue weighted by Gasteiger charge is -2.74. The first-order valence-corrected chi connectivity index (χ1v) is 13.8. The standard InChI is InChI=1S/C30H52/c1-25(2)15-9-17-27(5)21(25)13-19-29(7)23(27)11-12-24-28(6)18-10-16-26(3,4)22(28)14-20-30(24,29)8/h21-24H,9-20H2,1-8H3/t21-,22-,23+,24+,27-,28-,29+,30+/m0/s1. The van der Waals surface area contributed by atoms with Crippen LogP contribution in [0.2, 0.25) is 0 Å². The summed E-state index contributed by atoms with van der Waals surface area (Å²) in [5.74, 6) is 3.83. The molecule has 0 bridgehead atoms. The molecule has 0 amide bonds. The molecule has 172 valence electrons. The molecule has 0 unspecified atom stereocenters. The van der Waals surface area contributed by atoms with Crippen molar-refractivity contribution in [3.63, 3.8) is 0 Å². The molecule has 0 heteroatoms. The molecule has 0 nitrogen and oxygen atoms in total. The van der Waals surface area contributed by atoms with Crippen LogP contribution in [0.25, 0.3) is 0 Å². The minimum Gasteiger partial charge on any atom is -0.0596 e. The molecule has 0 aliphatic heterocycles. The van der Waals surface area contributed by atoms with E-state index in [1.165, 1.54) is 77.0 Å². The molecular weight excluding hydrogens is 360 g/mol. The normalized spacial score (nSPS) is 56.8. The zero-order valence-corrected chi connectivity index (χ0v) is 21.8. The second-order valence-corrected chi connectivity index (χ2v) is 15.4. The van der Waals surface area contributed by atoms with Gasteiger partial charge >= 0.3 is 0 Å². The van der Waals surface area contributed by atoms with Crippen LogP contribution in [0.15, 0.2) is 0 Å². The Bertz CT molecular complexity index is 641. The second-order valence-electron chi connectivity index (χ2n) is 15.4. The highest BCUT2D eigenvalue weighted by molar-refractivity contribution is 5.18. The minimum atomic E-state index is 0.559. The summed E-state index contributed by atoms with van der Waals surface area (Å²) in [6, 6.07) is 0. The summed E-state index contributed by atoms with van der Waals surface area (Å²) >= 11 is 0. The molecule has 5 rings (SSSR count). The number of fused-ring (bicyclic) bond motifs is 7. The molecule has 30 heavy (non-hydrogen) atoms. The van der Waals surface area contributed by atoms with Gasteiger partial charge in [-0.05, 0) is 120 Å². The van der Waals surface area contributed by atoms with Crippen molar-refractivity contribution in [2.75, 3.05) is 0 Å². The summed E-state index contributed by atoms with van der Waals surface area (Å²) in [5, 5.41) is 0. The predicted molar refractivity (Wildman–Crippen MR) is 129 cm³/mol. The van der Waals surface area contributed by atoms with E-state index in [0.717, 1.165) is 23.7 Å². The zero-order chi connectivity index (χ0) is 21.8. The van der Waals surface area contributed by atoms with Gasteiger partial charge in [-0.3, -0.25) is 0 Å². The van der Waals surface area contributed by atoms with Gasteiger partial charge in [-0.15, -0.1) is 0 Å². The summed E-state index contributed by atoms with van der Waals surface area (Å²) in [7, 11) is 0. The molecule has 0 radical (unpaired) electrons. The first-order valence-electron chi connectivity index (χ1n) is 13.8. The van der Waals surface area contributed by atoms with E-state index >= 15 is 0 Å². The molecule has 8 atom stereocenters. The maximum atomic E-state index is 2.81. The second kappa shape index (κ2) is 6.32. The molecule has 5 aliphatic carbocycles. The van der Waals surface area contributed by atoms with Gasteiger partial charge in [0.05, 0.1) is 0 Å². The molecule has 0 spiro atoms. The average molecular weight is 413 g/mol. The van der Waals surface area contributed by atoms with Crippen molar-refractivity contribution >= 4 is 0 Å². The van der Waals surface area contributed by atoms with Crippen LogP contribution in [0.3, 0.4) is 0 Å². The lowest BCUT2D eigenvalue weighted by Crippen LogP contribution is -2.67. The van der Waals surface area contributed by atoms with Crippen LogP contribution >= 0.6 is 0 Å². The van der Waals surface area contributed by atoms with Gasteiger partial charge in [0.1, 0.15) is 0 Å². The smallest absolute Gasteiger partial charge is 0.0235 e. The number of hydrogen-bond acceptors (Lipinski definition) is 0. The maximum Gasteiger partial charge on any atom is -0.0235 e. The monoisotopic (exact) mass is 412 g/mol. The Morgan fingerprint density at radius 2 is 0.767 bits per heavy atom. The highest BCUT2D eigenvalue weighted by Crippen LogP contribution is 2.78. The zero-order valence-electron chi connectivity index (χ0n) is 21.8. The highest BCUT2D eigenvalue weighted by Gasteiger charge is 2.70. The van der Waals surface area contributed by atoms with Crippen LogP contribution < -0.4 is 0 Å². The van der Waals surface area contributed by atoms with E-state index in [2.05, 4.69) is 55.4 Å². The van der Waals surface area contributed by atoms with Crippen LogP contribution in [0.4, 0.5) is 0 Å². The fourth-order valence-electron chi connectivity index (χ4n) is 12.3. The molecular formula is C30H52. The summed E-state index contributed by atoms with van der Waals surface area (Å²) < 4.78 is 0. The van der Waals surface area contributed by atoms with Crippen molar-refractivity contribution < 1.29 is 0 Å². The van der Waals surface area contributed by atoms with Gasteiger partial charge in [0.25, 0.3) is 0 Å². The van der Waals surface area contributed by atoms with Gasteiger partial charge in [-0.2, -0.15) is 0 Å². The topological polar surface area (TPSA) is 0 Å². The largest absolute Gasteiger partial charge is 0.0596 e. The van der Waals surface area contributed by atoms with E-state index < -0.39 is 0 Å². The number of rotatable bonds is 0.